The number of hydrogen-bond donors (Lipinski definition) is 2. The average molecular weight is 277 g/mol. The van der Waals surface area contributed by atoms with Crippen molar-refractivity contribution >= 4 is 17.5 Å². The van der Waals surface area contributed by atoms with Crippen LogP contribution in [0.15, 0.2) is 24.3 Å². The molecule has 0 saturated heterocycles. The summed E-state index contributed by atoms with van der Waals surface area (Å²) in [5.41, 5.74) is 1.77. The molecule has 0 atom stereocenters. The van der Waals surface area contributed by atoms with Gasteiger partial charge >= 0.3 is 0 Å². The van der Waals surface area contributed by atoms with E-state index in [-0.39, 0.29) is 11.8 Å². The summed E-state index contributed by atoms with van der Waals surface area (Å²) in [5, 5.41) is 5.79. The molecule has 0 aliphatic heterocycles. The number of nitrogens with one attached hydrogen (secondary N) is 2. The Bertz CT molecular complexity index is 460. The van der Waals surface area contributed by atoms with E-state index in [1.54, 1.807) is 11.8 Å². The predicted molar refractivity (Wildman–Crippen MR) is 80.4 cm³/mol. The highest BCUT2D eigenvalue weighted by atomic mass is 16.2. The first kappa shape index (κ1) is 16.2. The molecule has 0 bridgehead atoms. The molecule has 2 amide bonds. The zero-order valence-corrected chi connectivity index (χ0v) is 12.4. The second-order valence-corrected chi connectivity index (χ2v) is 4.64. The normalized spacial score (nSPS) is 10.2. The lowest BCUT2D eigenvalue weighted by molar-refractivity contribution is -0.129. The van der Waals surface area contributed by atoms with Crippen LogP contribution in [0.1, 0.15) is 25.8 Å². The van der Waals surface area contributed by atoms with E-state index in [1.165, 1.54) is 0 Å². The Balaban J connectivity index is 2.65. The Morgan fingerprint density at radius 1 is 1.30 bits per heavy atom. The van der Waals surface area contributed by atoms with Gasteiger partial charge in [-0.25, -0.2) is 0 Å². The minimum absolute atomic E-state index is 0.0181. The van der Waals surface area contributed by atoms with E-state index in [2.05, 4.69) is 10.6 Å². The molecule has 2 N–H and O–H groups in total. The lowest BCUT2D eigenvalue weighted by Crippen LogP contribution is -2.27. The number of nitrogens with zero attached hydrogens (tertiary/aromatic N) is 1. The highest BCUT2D eigenvalue weighted by Crippen LogP contribution is 2.13. The topological polar surface area (TPSA) is 61.4 Å². The third-order valence-corrected chi connectivity index (χ3v) is 3.01. The molecule has 5 nitrogen and oxygen atoms in total. The number of benzene rings is 1. The van der Waals surface area contributed by atoms with E-state index >= 15 is 0 Å². The molecule has 0 spiro atoms. The second-order valence-electron chi connectivity index (χ2n) is 4.64. The zero-order valence-electron chi connectivity index (χ0n) is 12.4. The van der Waals surface area contributed by atoms with Crippen LogP contribution < -0.4 is 10.6 Å². The number of anilines is 1. The first-order valence-corrected chi connectivity index (χ1v) is 6.85. The van der Waals surface area contributed by atoms with Gasteiger partial charge in [0.2, 0.25) is 11.8 Å². The van der Waals surface area contributed by atoms with Gasteiger partial charge in [-0.1, -0.05) is 12.1 Å². The number of carbonyl (C=O) groups excluding carboxylic acids is 2. The summed E-state index contributed by atoms with van der Waals surface area (Å²) < 4.78 is 0. The molecule has 5 heteroatoms. The summed E-state index contributed by atoms with van der Waals surface area (Å²) >= 11 is 0. The first-order chi connectivity index (χ1) is 9.56. The lowest BCUT2D eigenvalue weighted by Gasteiger charge is -2.19. The van der Waals surface area contributed by atoms with Crippen LogP contribution in [0.5, 0.6) is 0 Å². The highest BCUT2D eigenvalue weighted by Gasteiger charge is 2.08. The van der Waals surface area contributed by atoms with E-state index in [1.807, 2.05) is 38.2 Å². The molecule has 0 heterocycles. The van der Waals surface area contributed by atoms with Crippen molar-refractivity contribution in [2.75, 3.05) is 25.5 Å². The van der Waals surface area contributed by atoms with Crippen molar-refractivity contribution in [3.05, 3.63) is 29.8 Å². The van der Waals surface area contributed by atoms with Crippen molar-refractivity contribution in [3.8, 4) is 0 Å². The van der Waals surface area contributed by atoms with Crippen LogP contribution in [0.25, 0.3) is 0 Å². The summed E-state index contributed by atoms with van der Waals surface area (Å²) in [6.07, 6.45) is 0.440. The summed E-state index contributed by atoms with van der Waals surface area (Å²) in [6.45, 7) is 5.40. The van der Waals surface area contributed by atoms with Gasteiger partial charge in [0, 0.05) is 38.7 Å². The standard InChI is InChI=1S/C15H23N3O2/c1-4-18(12(2)19)11-13-6-5-7-14(10-13)17-15(20)8-9-16-3/h5-7,10,16H,4,8-9,11H2,1-3H3,(H,17,20). The molecular weight excluding hydrogens is 254 g/mol. The fourth-order valence-corrected chi connectivity index (χ4v) is 1.88. The highest BCUT2D eigenvalue weighted by molar-refractivity contribution is 5.90. The molecule has 0 fully saturated rings. The van der Waals surface area contributed by atoms with Crippen LogP contribution in [0.3, 0.4) is 0 Å². The maximum Gasteiger partial charge on any atom is 0.225 e. The Kier molecular flexibility index (Phi) is 6.73. The monoisotopic (exact) mass is 277 g/mol. The number of hydrogen-bond acceptors (Lipinski definition) is 3. The summed E-state index contributed by atoms with van der Waals surface area (Å²) in [5.74, 6) is 0.0337. The Labute approximate surface area is 120 Å². The average Bonchev–Trinajstić information content (AvgIpc) is 2.42. The zero-order chi connectivity index (χ0) is 15.0. The van der Waals surface area contributed by atoms with Crippen molar-refractivity contribution in [3.63, 3.8) is 0 Å². The number of rotatable bonds is 7. The van der Waals surface area contributed by atoms with Gasteiger partial charge < -0.3 is 15.5 Å². The molecule has 0 radical (unpaired) electrons. The van der Waals surface area contributed by atoms with E-state index < -0.39 is 0 Å². The largest absolute Gasteiger partial charge is 0.339 e. The van der Waals surface area contributed by atoms with Crippen LogP contribution in [0.2, 0.25) is 0 Å². The molecule has 0 aliphatic rings. The van der Waals surface area contributed by atoms with Crippen LogP contribution >= 0.6 is 0 Å². The van der Waals surface area contributed by atoms with Crippen molar-refractivity contribution in [2.24, 2.45) is 0 Å². The van der Waals surface area contributed by atoms with Gasteiger partial charge in [0.05, 0.1) is 0 Å². The van der Waals surface area contributed by atoms with Crippen LogP contribution in [0.4, 0.5) is 5.69 Å². The maximum absolute atomic E-state index is 11.7. The minimum Gasteiger partial charge on any atom is -0.339 e. The number of amides is 2. The molecule has 1 aromatic carbocycles. The van der Waals surface area contributed by atoms with E-state index in [0.717, 1.165) is 11.3 Å². The van der Waals surface area contributed by atoms with Gasteiger partial charge in [-0.3, -0.25) is 9.59 Å². The van der Waals surface area contributed by atoms with Gasteiger partial charge in [-0.05, 0) is 31.7 Å². The molecule has 110 valence electrons. The smallest absolute Gasteiger partial charge is 0.225 e. The minimum atomic E-state index is -0.0181. The molecule has 0 aliphatic carbocycles. The van der Waals surface area contributed by atoms with Crippen LogP contribution in [-0.4, -0.2) is 36.9 Å². The van der Waals surface area contributed by atoms with Gasteiger partial charge in [0.15, 0.2) is 0 Å². The second kappa shape index (κ2) is 8.32. The Hall–Kier alpha value is -1.88. The van der Waals surface area contributed by atoms with Crippen molar-refractivity contribution in [1.29, 1.82) is 0 Å². The molecule has 0 saturated carbocycles. The molecule has 20 heavy (non-hydrogen) atoms. The van der Waals surface area contributed by atoms with Crippen LogP contribution in [-0.2, 0) is 16.1 Å². The van der Waals surface area contributed by atoms with Gasteiger partial charge in [0.25, 0.3) is 0 Å². The van der Waals surface area contributed by atoms with Crippen molar-refractivity contribution in [1.82, 2.24) is 10.2 Å². The maximum atomic E-state index is 11.7. The van der Waals surface area contributed by atoms with Gasteiger partial charge in [-0.15, -0.1) is 0 Å². The third-order valence-electron chi connectivity index (χ3n) is 3.01. The molecule has 1 rings (SSSR count). The Morgan fingerprint density at radius 3 is 2.65 bits per heavy atom. The predicted octanol–water partition coefficient (Wildman–Crippen LogP) is 1.60. The number of carbonyl (C=O) groups is 2. The third kappa shape index (κ3) is 5.40. The molecule has 0 unspecified atom stereocenters. The SMILES string of the molecule is CCN(Cc1cccc(NC(=O)CCNC)c1)C(C)=O. The summed E-state index contributed by atoms with van der Waals surface area (Å²) in [7, 11) is 1.81. The molecular formula is C15H23N3O2. The van der Waals surface area contributed by atoms with Gasteiger partial charge in [-0.2, -0.15) is 0 Å². The van der Waals surface area contributed by atoms with E-state index in [9.17, 15) is 9.59 Å². The quantitative estimate of drug-likeness (QED) is 0.796. The summed E-state index contributed by atoms with van der Waals surface area (Å²) in [6, 6.07) is 7.60. The molecule has 0 aromatic heterocycles. The van der Waals surface area contributed by atoms with Crippen molar-refractivity contribution < 1.29 is 9.59 Å². The first-order valence-electron chi connectivity index (χ1n) is 6.85. The molecule has 1 aromatic rings. The van der Waals surface area contributed by atoms with E-state index in [0.29, 0.717) is 26.1 Å². The summed E-state index contributed by atoms with van der Waals surface area (Å²) in [4.78, 5) is 24.8. The van der Waals surface area contributed by atoms with E-state index in [4.69, 9.17) is 0 Å². The Morgan fingerprint density at radius 2 is 2.05 bits per heavy atom. The van der Waals surface area contributed by atoms with Crippen LogP contribution in [0, 0.1) is 0 Å². The van der Waals surface area contributed by atoms with Gasteiger partial charge in [0.1, 0.15) is 0 Å². The van der Waals surface area contributed by atoms with Crippen molar-refractivity contribution in [2.45, 2.75) is 26.8 Å². The fraction of sp³-hybridized carbons (Fsp3) is 0.467. The fourth-order valence-electron chi connectivity index (χ4n) is 1.88. The lowest BCUT2D eigenvalue weighted by atomic mass is 10.2.